The first kappa shape index (κ1) is 26.7. The first-order valence-corrected chi connectivity index (χ1v) is 12.5. The van der Waals surface area contributed by atoms with Gasteiger partial charge in [-0.05, 0) is 74.2 Å². The number of halogens is 2. The van der Waals surface area contributed by atoms with Gasteiger partial charge in [0, 0.05) is 27.4 Å². The number of benzene rings is 2. The maximum Gasteiger partial charge on any atom is 0.303 e. The summed E-state index contributed by atoms with van der Waals surface area (Å²) in [6.45, 7) is 3.73. The largest absolute Gasteiger partial charge is 0.481 e. The molecule has 3 rings (SSSR count). The lowest BCUT2D eigenvalue weighted by atomic mass is 9.94. The Labute approximate surface area is 218 Å². The van der Waals surface area contributed by atoms with Crippen LogP contribution < -0.4 is 10.6 Å². The highest BCUT2D eigenvalue weighted by molar-refractivity contribution is 7.19. The van der Waals surface area contributed by atoms with Crippen molar-refractivity contribution in [2.75, 3.05) is 0 Å². The molecule has 6 nitrogen and oxygen atoms in total. The Morgan fingerprint density at radius 3 is 2.37 bits per heavy atom. The minimum absolute atomic E-state index is 0.0375. The Bertz CT molecular complexity index is 1210. The maximum absolute atomic E-state index is 13.1. The number of thiophene rings is 1. The number of carboxylic acid groups (broad SMARTS) is 1. The lowest BCUT2D eigenvalue weighted by molar-refractivity contribution is -0.137. The van der Waals surface area contributed by atoms with E-state index in [-0.39, 0.29) is 12.8 Å². The number of hydrogen-bond donors (Lipinski definition) is 3. The molecule has 9 heteroatoms. The second kappa shape index (κ2) is 11.7. The van der Waals surface area contributed by atoms with Gasteiger partial charge in [0.05, 0.1) is 4.34 Å². The zero-order chi connectivity index (χ0) is 25.6. The molecule has 0 saturated heterocycles. The number of aliphatic carboxylic acids is 1. The second-order valence-electron chi connectivity index (χ2n) is 8.82. The molecule has 0 aliphatic rings. The van der Waals surface area contributed by atoms with Crippen molar-refractivity contribution in [2.24, 2.45) is 0 Å². The summed E-state index contributed by atoms with van der Waals surface area (Å²) in [7, 11) is 0. The molecule has 0 saturated carbocycles. The zero-order valence-electron chi connectivity index (χ0n) is 19.3. The van der Waals surface area contributed by atoms with Crippen LogP contribution in [-0.2, 0) is 16.0 Å². The molecule has 0 aliphatic carbocycles. The average molecular weight is 533 g/mol. The minimum atomic E-state index is -1.05. The van der Waals surface area contributed by atoms with Gasteiger partial charge in [-0.2, -0.15) is 0 Å². The molecular formula is C26H26Cl2N2O4S. The van der Waals surface area contributed by atoms with E-state index in [0.29, 0.717) is 21.3 Å². The SMILES string of the molecule is CC(C)(Cc1ccc(Cl)cc1)NC(=O)[C@H](CCC(=O)O)NC(=O)c1cccc(-c2ccc(Cl)s2)c1. The number of nitrogens with one attached hydrogen (secondary N) is 2. The molecular weight excluding hydrogens is 507 g/mol. The molecule has 1 aromatic heterocycles. The van der Waals surface area contributed by atoms with Crippen LogP contribution in [0.25, 0.3) is 10.4 Å². The molecule has 3 N–H and O–H groups in total. The molecule has 2 amide bonds. The first-order chi connectivity index (χ1) is 16.5. The normalized spacial score (nSPS) is 12.1. The number of hydrogen-bond acceptors (Lipinski definition) is 4. The van der Waals surface area contributed by atoms with Gasteiger partial charge < -0.3 is 15.7 Å². The molecule has 0 fully saturated rings. The lowest BCUT2D eigenvalue weighted by Crippen LogP contribution is -2.54. The Hall–Kier alpha value is -2.87. The molecule has 0 aliphatic heterocycles. The number of carboxylic acids is 1. The van der Waals surface area contributed by atoms with Crippen LogP contribution in [0.1, 0.15) is 42.6 Å². The Balaban J connectivity index is 1.73. The van der Waals surface area contributed by atoms with Crippen molar-refractivity contribution < 1.29 is 19.5 Å². The average Bonchev–Trinajstić information content (AvgIpc) is 3.23. The molecule has 1 heterocycles. The van der Waals surface area contributed by atoms with Crippen molar-refractivity contribution >= 4 is 52.3 Å². The maximum atomic E-state index is 13.1. The summed E-state index contributed by atoms with van der Waals surface area (Å²) < 4.78 is 0.640. The first-order valence-electron chi connectivity index (χ1n) is 11.0. The molecule has 0 bridgehead atoms. The van der Waals surface area contributed by atoms with Crippen LogP contribution in [0.3, 0.4) is 0 Å². The highest BCUT2D eigenvalue weighted by Crippen LogP contribution is 2.31. The predicted molar refractivity (Wildman–Crippen MR) is 140 cm³/mol. The topological polar surface area (TPSA) is 95.5 Å². The van der Waals surface area contributed by atoms with Crippen molar-refractivity contribution in [3.8, 4) is 10.4 Å². The van der Waals surface area contributed by atoms with Crippen molar-refractivity contribution in [2.45, 2.75) is 44.7 Å². The third kappa shape index (κ3) is 8.09. The smallest absolute Gasteiger partial charge is 0.303 e. The summed E-state index contributed by atoms with van der Waals surface area (Å²) in [6.07, 6.45) is 0.231. The number of rotatable bonds is 10. The van der Waals surface area contributed by atoms with E-state index >= 15 is 0 Å². The third-order valence-corrected chi connectivity index (χ3v) is 6.80. The van der Waals surface area contributed by atoms with Gasteiger partial charge in [-0.15, -0.1) is 11.3 Å². The molecule has 0 radical (unpaired) electrons. The van der Waals surface area contributed by atoms with Crippen LogP contribution in [0.2, 0.25) is 9.36 Å². The molecule has 2 aromatic carbocycles. The summed E-state index contributed by atoms with van der Waals surface area (Å²) in [6, 6.07) is 16.9. The van der Waals surface area contributed by atoms with E-state index in [4.69, 9.17) is 28.3 Å². The fraction of sp³-hybridized carbons (Fsp3) is 0.269. The molecule has 0 unspecified atom stereocenters. The summed E-state index contributed by atoms with van der Waals surface area (Å²) in [5, 5.41) is 15.4. The zero-order valence-corrected chi connectivity index (χ0v) is 21.6. The summed E-state index contributed by atoms with van der Waals surface area (Å²) >= 11 is 13.4. The van der Waals surface area contributed by atoms with Gasteiger partial charge in [-0.25, -0.2) is 0 Å². The van der Waals surface area contributed by atoms with Crippen molar-refractivity contribution in [1.29, 1.82) is 0 Å². The van der Waals surface area contributed by atoms with Crippen LogP contribution in [0.15, 0.2) is 60.7 Å². The third-order valence-electron chi connectivity index (χ3n) is 5.27. The van der Waals surface area contributed by atoms with Gasteiger partial charge in [0.25, 0.3) is 5.91 Å². The molecule has 35 heavy (non-hydrogen) atoms. The van der Waals surface area contributed by atoms with Crippen LogP contribution in [-0.4, -0.2) is 34.5 Å². The predicted octanol–water partition coefficient (Wildman–Crippen LogP) is 5.82. The minimum Gasteiger partial charge on any atom is -0.481 e. The van der Waals surface area contributed by atoms with E-state index in [1.165, 1.54) is 11.3 Å². The van der Waals surface area contributed by atoms with Crippen LogP contribution in [0.4, 0.5) is 0 Å². The Kier molecular flexibility index (Phi) is 8.94. The number of carbonyl (C=O) groups is 3. The molecule has 1 atom stereocenters. The van der Waals surface area contributed by atoms with Crippen LogP contribution >= 0.6 is 34.5 Å². The van der Waals surface area contributed by atoms with Gasteiger partial charge in [0.1, 0.15) is 6.04 Å². The quantitative estimate of drug-likeness (QED) is 0.306. The second-order valence-corrected chi connectivity index (χ2v) is 11.0. The Morgan fingerprint density at radius 2 is 1.74 bits per heavy atom. The monoisotopic (exact) mass is 532 g/mol. The van der Waals surface area contributed by atoms with Crippen LogP contribution in [0.5, 0.6) is 0 Å². The van der Waals surface area contributed by atoms with Gasteiger partial charge in [-0.3, -0.25) is 14.4 Å². The van der Waals surface area contributed by atoms with E-state index < -0.39 is 29.4 Å². The van der Waals surface area contributed by atoms with Gasteiger partial charge in [0.15, 0.2) is 0 Å². The van der Waals surface area contributed by atoms with Gasteiger partial charge in [-0.1, -0.05) is 47.5 Å². The van der Waals surface area contributed by atoms with E-state index in [1.54, 1.807) is 36.4 Å². The van der Waals surface area contributed by atoms with E-state index in [9.17, 15) is 14.4 Å². The van der Waals surface area contributed by atoms with Crippen LogP contribution in [0, 0.1) is 0 Å². The number of carbonyl (C=O) groups excluding carboxylic acids is 2. The highest BCUT2D eigenvalue weighted by Gasteiger charge is 2.28. The van der Waals surface area contributed by atoms with E-state index in [2.05, 4.69) is 10.6 Å². The summed E-state index contributed by atoms with van der Waals surface area (Å²) in [4.78, 5) is 38.2. The standard InChI is InChI=1S/C26H26Cl2N2O4S/c1-26(2,15-16-6-8-19(27)9-7-16)30-25(34)20(10-13-23(31)32)29-24(33)18-5-3-4-17(14-18)21-11-12-22(28)35-21/h3-9,11-12,14,20H,10,13,15H2,1-2H3,(H,29,33)(H,30,34)(H,31,32)/t20-/m0/s1. The molecule has 184 valence electrons. The van der Waals surface area contributed by atoms with E-state index in [0.717, 1.165) is 16.0 Å². The van der Waals surface area contributed by atoms with Crippen molar-refractivity contribution in [3.05, 3.63) is 81.1 Å². The fourth-order valence-corrected chi connectivity index (χ4v) is 4.80. The molecule has 0 spiro atoms. The van der Waals surface area contributed by atoms with Crippen molar-refractivity contribution in [1.82, 2.24) is 10.6 Å². The van der Waals surface area contributed by atoms with Gasteiger partial charge in [0.2, 0.25) is 5.91 Å². The van der Waals surface area contributed by atoms with Gasteiger partial charge >= 0.3 is 5.97 Å². The van der Waals surface area contributed by atoms with E-state index in [1.807, 2.05) is 38.1 Å². The summed E-state index contributed by atoms with van der Waals surface area (Å²) in [5.41, 5.74) is 1.53. The summed E-state index contributed by atoms with van der Waals surface area (Å²) in [5.74, 6) is -1.95. The highest BCUT2D eigenvalue weighted by atomic mass is 35.5. The van der Waals surface area contributed by atoms with Crippen molar-refractivity contribution in [3.63, 3.8) is 0 Å². The molecule has 3 aromatic rings. The Morgan fingerprint density at radius 1 is 1.03 bits per heavy atom. The fourth-order valence-electron chi connectivity index (χ4n) is 3.64. The number of amides is 2. The lowest BCUT2D eigenvalue weighted by Gasteiger charge is -2.29.